The Labute approximate surface area is 204 Å². The van der Waals surface area contributed by atoms with Crippen LogP contribution < -0.4 is 0 Å². The van der Waals surface area contributed by atoms with E-state index in [0.717, 1.165) is 10.5 Å². The maximum atomic E-state index is 13.2. The molecule has 0 aliphatic carbocycles. The number of rotatable bonds is 7. The van der Waals surface area contributed by atoms with Gasteiger partial charge in [0, 0.05) is 21.5 Å². The average molecular weight is 484 g/mol. The monoisotopic (exact) mass is 483 g/mol. The Bertz CT molecular complexity index is 1140. The first-order valence-electron chi connectivity index (χ1n) is 10.7. The van der Waals surface area contributed by atoms with Crippen molar-refractivity contribution >= 4 is 48.0 Å². The van der Waals surface area contributed by atoms with Crippen LogP contribution in [0.5, 0.6) is 0 Å². The van der Waals surface area contributed by atoms with Crippen LogP contribution in [0.4, 0.5) is 0 Å². The van der Waals surface area contributed by atoms with Gasteiger partial charge in [-0.25, -0.2) is 4.79 Å². The molecule has 172 valence electrons. The topological polar surface area (TPSA) is 65.0 Å². The van der Waals surface area contributed by atoms with E-state index in [1.807, 2.05) is 36.4 Å². The molecule has 0 fully saturated rings. The number of nitrogens with zero attached hydrogens (tertiary/aromatic N) is 1. The zero-order valence-corrected chi connectivity index (χ0v) is 20.4. The van der Waals surface area contributed by atoms with E-state index in [9.17, 15) is 9.59 Å². The van der Waals surface area contributed by atoms with Crippen molar-refractivity contribution in [2.24, 2.45) is 10.9 Å². The first kappa shape index (κ1) is 24.8. The molecule has 1 aliphatic heterocycles. The molecule has 0 spiro atoms. The third-order valence-corrected chi connectivity index (χ3v) is 5.91. The second kappa shape index (κ2) is 11.3. The number of aliphatic imine (C=N–C) groups is 1. The fraction of sp³-hybridized carbons (Fsp3) is 0.269. The molecule has 5 nitrogen and oxygen atoms in total. The van der Waals surface area contributed by atoms with Crippen LogP contribution in [0, 0.1) is 5.92 Å². The summed E-state index contributed by atoms with van der Waals surface area (Å²) in [6.07, 6.45) is 3.59. The first-order chi connectivity index (χ1) is 15.9. The normalized spacial score (nSPS) is 18.3. The molecule has 7 heteroatoms. The van der Waals surface area contributed by atoms with Crippen molar-refractivity contribution in [2.75, 3.05) is 13.2 Å². The van der Waals surface area contributed by atoms with Gasteiger partial charge in [0.1, 0.15) is 5.92 Å². The Hall–Kier alpha value is -2.83. The predicted molar refractivity (Wildman–Crippen MR) is 134 cm³/mol. The van der Waals surface area contributed by atoms with E-state index in [-0.39, 0.29) is 18.8 Å². The van der Waals surface area contributed by atoms with E-state index in [2.05, 4.69) is 17.6 Å². The highest BCUT2D eigenvalue weighted by molar-refractivity contribution is 7.80. The summed E-state index contributed by atoms with van der Waals surface area (Å²) in [4.78, 5) is 31.6. The molecule has 0 bridgehead atoms. The molecular formula is C26H26ClNO4S. The maximum absolute atomic E-state index is 13.2. The largest absolute Gasteiger partial charge is 0.465 e. The molecule has 3 rings (SSSR count). The highest BCUT2D eigenvalue weighted by atomic mass is 35.5. The van der Waals surface area contributed by atoms with E-state index in [4.69, 9.17) is 21.1 Å². The maximum Gasteiger partial charge on any atom is 0.336 e. The zero-order valence-electron chi connectivity index (χ0n) is 18.7. The molecule has 0 aromatic heterocycles. The third kappa shape index (κ3) is 5.75. The SMILES string of the molecule is CCOC(=O)C1=C(C=Cc2ccccc2S)N=C(C)C(C(=O)OCC)C1c1cccc(Cl)c1. The molecule has 0 amide bonds. The molecule has 0 saturated heterocycles. The van der Waals surface area contributed by atoms with Crippen LogP contribution in [0.3, 0.4) is 0 Å². The lowest BCUT2D eigenvalue weighted by Gasteiger charge is -2.31. The lowest BCUT2D eigenvalue weighted by molar-refractivity contribution is -0.146. The lowest BCUT2D eigenvalue weighted by Crippen LogP contribution is -2.36. The van der Waals surface area contributed by atoms with Gasteiger partial charge in [0.2, 0.25) is 0 Å². The van der Waals surface area contributed by atoms with Crippen molar-refractivity contribution in [3.63, 3.8) is 0 Å². The van der Waals surface area contributed by atoms with E-state index < -0.39 is 23.8 Å². The van der Waals surface area contributed by atoms with Gasteiger partial charge in [0.25, 0.3) is 0 Å². The number of allylic oxidation sites excluding steroid dienone is 1. The number of ether oxygens (including phenoxy) is 2. The summed E-state index contributed by atoms with van der Waals surface area (Å²) in [5, 5.41) is 0.500. The molecule has 2 unspecified atom stereocenters. The number of carbonyl (C=O) groups is 2. The number of carbonyl (C=O) groups excluding carboxylic acids is 2. The Morgan fingerprint density at radius 3 is 2.45 bits per heavy atom. The molecule has 0 saturated carbocycles. The summed E-state index contributed by atoms with van der Waals surface area (Å²) in [7, 11) is 0. The van der Waals surface area contributed by atoms with E-state index in [0.29, 0.717) is 22.0 Å². The standard InChI is InChI=1S/C26H26ClNO4S/c1-4-31-25(29)22-16(3)28-20(14-13-17-9-6-7-12-21(17)33)24(26(30)32-5-2)23(22)18-10-8-11-19(27)15-18/h6-15,22-23,33H,4-5H2,1-3H3. The molecule has 2 aromatic rings. The second-order valence-electron chi connectivity index (χ2n) is 7.43. The Balaban J connectivity index is 2.23. The van der Waals surface area contributed by atoms with Crippen LogP contribution in [0.25, 0.3) is 6.08 Å². The highest BCUT2D eigenvalue weighted by Crippen LogP contribution is 2.41. The number of halogens is 1. The zero-order chi connectivity index (χ0) is 24.0. The number of esters is 2. The highest BCUT2D eigenvalue weighted by Gasteiger charge is 2.42. The Kier molecular flexibility index (Phi) is 8.53. The molecular weight excluding hydrogens is 458 g/mol. The smallest absolute Gasteiger partial charge is 0.336 e. The van der Waals surface area contributed by atoms with Crippen LogP contribution >= 0.6 is 24.2 Å². The number of hydrogen-bond donors (Lipinski definition) is 1. The minimum Gasteiger partial charge on any atom is -0.465 e. The van der Waals surface area contributed by atoms with Crippen molar-refractivity contribution in [1.82, 2.24) is 0 Å². The lowest BCUT2D eigenvalue weighted by atomic mass is 9.75. The molecule has 33 heavy (non-hydrogen) atoms. The van der Waals surface area contributed by atoms with Crippen LogP contribution in [0.15, 0.2) is 75.8 Å². The summed E-state index contributed by atoms with van der Waals surface area (Å²) < 4.78 is 10.7. The number of hydrogen-bond acceptors (Lipinski definition) is 6. The van der Waals surface area contributed by atoms with Crippen LogP contribution in [0.1, 0.15) is 37.8 Å². The van der Waals surface area contributed by atoms with Gasteiger partial charge in [0.05, 0.1) is 24.5 Å². The Morgan fingerprint density at radius 1 is 1.06 bits per heavy atom. The molecule has 1 heterocycles. The quantitative estimate of drug-likeness (QED) is 0.393. The van der Waals surface area contributed by atoms with Crippen molar-refractivity contribution in [2.45, 2.75) is 31.6 Å². The summed E-state index contributed by atoms with van der Waals surface area (Å²) in [5.74, 6) is -2.43. The van der Waals surface area contributed by atoms with Gasteiger partial charge in [0.15, 0.2) is 0 Å². The van der Waals surface area contributed by atoms with E-state index in [1.54, 1.807) is 45.0 Å². The summed E-state index contributed by atoms with van der Waals surface area (Å²) >= 11 is 10.8. The van der Waals surface area contributed by atoms with Gasteiger partial charge < -0.3 is 9.47 Å². The third-order valence-electron chi connectivity index (χ3n) is 5.27. The van der Waals surface area contributed by atoms with Crippen molar-refractivity contribution in [1.29, 1.82) is 0 Å². The minimum atomic E-state index is -0.780. The van der Waals surface area contributed by atoms with Crippen molar-refractivity contribution in [3.05, 3.63) is 82.0 Å². The summed E-state index contributed by atoms with van der Waals surface area (Å²) in [6, 6.07) is 14.7. The molecule has 0 radical (unpaired) electrons. The second-order valence-corrected chi connectivity index (χ2v) is 8.35. The van der Waals surface area contributed by atoms with E-state index >= 15 is 0 Å². The van der Waals surface area contributed by atoms with Gasteiger partial charge in [-0.3, -0.25) is 9.79 Å². The number of benzene rings is 2. The predicted octanol–water partition coefficient (Wildman–Crippen LogP) is 5.90. The van der Waals surface area contributed by atoms with Crippen molar-refractivity contribution < 1.29 is 19.1 Å². The molecule has 2 atom stereocenters. The summed E-state index contributed by atoms with van der Waals surface area (Å²) in [5.41, 5.74) is 2.84. The molecule has 1 aliphatic rings. The van der Waals surface area contributed by atoms with Gasteiger partial charge in [-0.15, -0.1) is 12.6 Å². The Morgan fingerprint density at radius 2 is 1.79 bits per heavy atom. The van der Waals surface area contributed by atoms with Gasteiger partial charge in [-0.2, -0.15) is 0 Å². The fourth-order valence-corrected chi connectivity index (χ4v) is 4.28. The van der Waals surface area contributed by atoms with Gasteiger partial charge in [-0.1, -0.05) is 48.0 Å². The van der Waals surface area contributed by atoms with Crippen LogP contribution in [0.2, 0.25) is 5.02 Å². The van der Waals surface area contributed by atoms with Gasteiger partial charge >= 0.3 is 11.9 Å². The summed E-state index contributed by atoms with van der Waals surface area (Å²) in [6.45, 7) is 5.65. The minimum absolute atomic E-state index is 0.188. The van der Waals surface area contributed by atoms with E-state index in [1.165, 1.54) is 0 Å². The molecule has 2 aromatic carbocycles. The van der Waals surface area contributed by atoms with Gasteiger partial charge in [-0.05, 0) is 56.2 Å². The number of thiol groups is 1. The molecule has 0 N–H and O–H groups in total. The average Bonchev–Trinajstić information content (AvgIpc) is 2.78. The first-order valence-corrected chi connectivity index (χ1v) is 11.5. The van der Waals surface area contributed by atoms with Crippen LogP contribution in [-0.2, 0) is 19.1 Å². The van der Waals surface area contributed by atoms with Crippen LogP contribution in [-0.4, -0.2) is 30.9 Å². The van der Waals surface area contributed by atoms with Crippen molar-refractivity contribution in [3.8, 4) is 0 Å². The fourth-order valence-electron chi connectivity index (χ4n) is 3.85.